The number of carbonyl (C=O) groups excluding carboxylic acids is 2. The lowest BCUT2D eigenvalue weighted by Crippen LogP contribution is -2.14. The lowest BCUT2D eigenvalue weighted by Gasteiger charge is -2.09. The summed E-state index contributed by atoms with van der Waals surface area (Å²) in [5, 5.41) is 0. The van der Waals surface area contributed by atoms with Crippen LogP contribution in [0.15, 0.2) is 12.1 Å². The van der Waals surface area contributed by atoms with Gasteiger partial charge in [-0.05, 0) is 25.0 Å². The molecular weight excluding hydrogens is 368 g/mol. The molecule has 0 bridgehead atoms. The summed E-state index contributed by atoms with van der Waals surface area (Å²) >= 11 is 0. The third-order valence-corrected chi connectivity index (χ3v) is 5.18. The number of benzene rings is 1. The van der Waals surface area contributed by atoms with Crippen molar-refractivity contribution in [2.75, 3.05) is 13.2 Å². The minimum atomic E-state index is -0.501. The van der Waals surface area contributed by atoms with Crippen LogP contribution >= 0.6 is 0 Å². The van der Waals surface area contributed by atoms with Gasteiger partial charge < -0.3 is 14.2 Å². The Morgan fingerprint density at radius 3 is 1.83 bits per heavy atom. The lowest BCUT2D eigenvalue weighted by atomic mass is 10.1. The Morgan fingerprint density at radius 2 is 1.24 bits per heavy atom. The van der Waals surface area contributed by atoms with E-state index in [4.69, 9.17) is 14.2 Å². The van der Waals surface area contributed by atoms with Gasteiger partial charge in [0.25, 0.3) is 0 Å². The third-order valence-electron chi connectivity index (χ3n) is 5.18. The number of fused-ring (bicyclic) bond motifs is 1. The van der Waals surface area contributed by atoms with E-state index >= 15 is 0 Å². The standard InChI is InChI=1S/C24H36O5/c1-3-5-7-9-11-13-17-27-23(25)19-15-16-20-22(29-20)21(19)24(26)28-18-14-12-10-8-6-4-2/h15-16H,3-14,17-18H2,1-2H3. The minimum Gasteiger partial charge on any atom is -0.462 e. The molecule has 1 aliphatic heterocycles. The number of rotatable bonds is 16. The van der Waals surface area contributed by atoms with Crippen LogP contribution in [0.1, 0.15) is 112 Å². The zero-order valence-electron chi connectivity index (χ0n) is 18.1. The number of esters is 2. The van der Waals surface area contributed by atoms with E-state index < -0.39 is 11.9 Å². The van der Waals surface area contributed by atoms with Crippen LogP contribution in [-0.2, 0) is 9.47 Å². The molecule has 1 aliphatic rings. The SMILES string of the molecule is CCCCCCCCOC(=O)c1ccc2c(c1C(=O)OCCCCCCCC)O2. The highest BCUT2D eigenvalue weighted by Crippen LogP contribution is 2.49. The molecule has 0 spiro atoms. The second kappa shape index (κ2) is 13.2. The van der Waals surface area contributed by atoms with Crippen molar-refractivity contribution >= 4 is 11.9 Å². The molecule has 0 aromatic heterocycles. The molecular formula is C24H36O5. The van der Waals surface area contributed by atoms with Crippen LogP contribution in [0.5, 0.6) is 11.5 Å². The highest BCUT2D eigenvalue weighted by molar-refractivity contribution is 6.07. The van der Waals surface area contributed by atoms with Crippen molar-refractivity contribution in [2.24, 2.45) is 0 Å². The fraction of sp³-hybridized carbons (Fsp3) is 0.667. The lowest BCUT2D eigenvalue weighted by molar-refractivity contribution is 0.0450. The second-order valence-corrected chi connectivity index (χ2v) is 7.72. The monoisotopic (exact) mass is 404 g/mol. The van der Waals surface area contributed by atoms with Gasteiger partial charge in [0.05, 0.1) is 18.8 Å². The van der Waals surface area contributed by atoms with Crippen molar-refractivity contribution in [2.45, 2.75) is 90.9 Å². The van der Waals surface area contributed by atoms with Gasteiger partial charge in [-0.3, -0.25) is 0 Å². The van der Waals surface area contributed by atoms with Gasteiger partial charge in [0.15, 0.2) is 11.5 Å². The summed E-state index contributed by atoms with van der Waals surface area (Å²) in [6, 6.07) is 3.29. The molecule has 0 atom stereocenters. The molecule has 2 rings (SSSR count). The molecule has 0 amide bonds. The normalized spacial score (nSPS) is 11.5. The summed E-state index contributed by atoms with van der Waals surface area (Å²) in [4.78, 5) is 25.0. The Hall–Kier alpha value is -2.04. The Balaban J connectivity index is 1.76. The van der Waals surface area contributed by atoms with E-state index in [1.807, 2.05) is 0 Å². The molecule has 1 aromatic carbocycles. The Kier molecular flexibility index (Phi) is 10.6. The second-order valence-electron chi connectivity index (χ2n) is 7.72. The van der Waals surface area contributed by atoms with Crippen LogP contribution in [-0.4, -0.2) is 25.2 Å². The molecule has 0 saturated heterocycles. The van der Waals surface area contributed by atoms with Gasteiger partial charge in [-0.2, -0.15) is 0 Å². The number of unbranched alkanes of at least 4 members (excludes halogenated alkanes) is 10. The first-order chi connectivity index (χ1) is 14.2. The van der Waals surface area contributed by atoms with E-state index in [0.29, 0.717) is 24.7 Å². The van der Waals surface area contributed by atoms with E-state index in [0.717, 1.165) is 38.5 Å². The van der Waals surface area contributed by atoms with Gasteiger partial charge >= 0.3 is 11.9 Å². The van der Waals surface area contributed by atoms with Crippen LogP contribution in [0.2, 0.25) is 0 Å². The van der Waals surface area contributed by atoms with Crippen LogP contribution in [0, 0.1) is 0 Å². The first-order valence-electron chi connectivity index (χ1n) is 11.4. The zero-order valence-corrected chi connectivity index (χ0v) is 18.1. The van der Waals surface area contributed by atoms with Gasteiger partial charge in [0, 0.05) is 0 Å². The van der Waals surface area contributed by atoms with Crippen molar-refractivity contribution in [3.63, 3.8) is 0 Å². The first-order valence-corrected chi connectivity index (χ1v) is 11.4. The highest BCUT2D eigenvalue weighted by atomic mass is 16.6. The fourth-order valence-corrected chi connectivity index (χ4v) is 3.35. The van der Waals surface area contributed by atoms with Gasteiger partial charge in [-0.1, -0.05) is 78.1 Å². The third kappa shape index (κ3) is 8.08. The Bertz CT molecular complexity index is 653. The topological polar surface area (TPSA) is 65.1 Å². The van der Waals surface area contributed by atoms with E-state index in [9.17, 15) is 9.59 Å². The summed E-state index contributed by atoms with van der Waals surface area (Å²) in [6.07, 6.45) is 13.5. The predicted molar refractivity (Wildman–Crippen MR) is 114 cm³/mol. The van der Waals surface area contributed by atoms with Crippen molar-refractivity contribution in [3.05, 3.63) is 23.3 Å². The molecule has 0 fully saturated rings. The molecule has 0 radical (unpaired) electrons. The average molecular weight is 405 g/mol. The molecule has 5 heteroatoms. The number of ether oxygens (including phenoxy) is 3. The van der Waals surface area contributed by atoms with E-state index in [1.165, 1.54) is 38.5 Å². The maximum atomic E-state index is 12.5. The van der Waals surface area contributed by atoms with Gasteiger partial charge in [0.1, 0.15) is 5.56 Å². The van der Waals surface area contributed by atoms with Crippen molar-refractivity contribution in [1.29, 1.82) is 0 Å². The Morgan fingerprint density at radius 1 is 0.724 bits per heavy atom. The summed E-state index contributed by atoms with van der Waals surface area (Å²) in [5.41, 5.74) is 0.446. The molecule has 162 valence electrons. The number of hydrogen-bond acceptors (Lipinski definition) is 5. The maximum absolute atomic E-state index is 12.5. The van der Waals surface area contributed by atoms with Crippen LogP contribution in [0.4, 0.5) is 0 Å². The summed E-state index contributed by atoms with van der Waals surface area (Å²) in [6.45, 7) is 5.11. The molecule has 5 nitrogen and oxygen atoms in total. The smallest absolute Gasteiger partial charge is 0.342 e. The van der Waals surface area contributed by atoms with Gasteiger partial charge in [-0.15, -0.1) is 0 Å². The molecule has 0 N–H and O–H groups in total. The van der Waals surface area contributed by atoms with Crippen LogP contribution in [0.3, 0.4) is 0 Å². The largest absolute Gasteiger partial charge is 0.462 e. The molecule has 1 heterocycles. The van der Waals surface area contributed by atoms with E-state index in [-0.39, 0.29) is 11.1 Å². The molecule has 0 aliphatic carbocycles. The highest BCUT2D eigenvalue weighted by Gasteiger charge is 2.34. The molecule has 1 aromatic rings. The van der Waals surface area contributed by atoms with Crippen molar-refractivity contribution in [1.82, 2.24) is 0 Å². The van der Waals surface area contributed by atoms with E-state index in [1.54, 1.807) is 12.1 Å². The zero-order chi connectivity index (χ0) is 20.9. The molecule has 0 unspecified atom stereocenters. The number of carbonyl (C=O) groups is 2. The van der Waals surface area contributed by atoms with Crippen LogP contribution in [0.25, 0.3) is 0 Å². The summed E-state index contributed by atoms with van der Waals surface area (Å²) < 4.78 is 16.1. The average Bonchev–Trinajstić information content (AvgIpc) is 3.51. The summed E-state index contributed by atoms with van der Waals surface area (Å²) in [5.74, 6) is 0.0961. The predicted octanol–water partition coefficient (Wildman–Crippen LogP) is 6.83. The quantitative estimate of drug-likeness (QED) is 0.174. The van der Waals surface area contributed by atoms with Crippen LogP contribution < -0.4 is 4.74 Å². The van der Waals surface area contributed by atoms with Gasteiger partial charge in [0.2, 0.25) is 0 Å². The Labute approximate surface area is 175 Å². The van der Waals surface area contributed by atoms with Gasteiger partial charge in [-0.25, -0.2) is 9.59 Å². The molecule has 29 heavy (non-hydrogen) atoms. The maximum Gasteiger partial charge on any atom is 0.342 e. The summed E-state index contributed by atoms with van der Waals surface area (Å²) in [7, 11) is 0. The number of hydrogen-bond donors (Lipinski definition) is 0. The minimum absolute atomic E-state index is 0.210. The first kappa shape index (κ1) is 23.2. The fourth-order valence-electron chi connectivity index (χ4n) is 3.35. The van der Waals surface area contributed by atoms with E-state index in [2.05, 4.69) is 13.8 Å². The molecule has 0 saturated carbocycles. The van der Waals surface area contributed by atoms with Crippen molar-refractivity contribution < 1.29 is 23.8 Å². The van der Waals surface area contributed by atoms with Crippen molar-refractivity contribution in [3.8, 4) is 11.5 Å².